The lowest BCUT2D eigenvalue weighted by Crippen LogP contribution is -2.15. The van der Waals surface area contributed by atoms with E-state index < -0.39 is 0 Å². The summed E-state index contributed by atoms with van der Waals surface area (Å²) in [7, 11) is 0. The third-order valence-electron chi connectivity index (χ3n) is 2.43. The highest BCUT2D eigenvalue weighted by Crippen LogP contribution is 2.18. The maximum atomic E-state index is 8.58. The van der Waals surface area contributed by atoms with Gasteiger partial charge in [0, 0.05) is 17.5 Å². The Bertz CT molecular complexity index is 549. The number of aromatic nitrogens is 1. The van der Waals surface area contributed by atoms with E-state index in [0.29, 0.717) is 6.42 Å². The highest BCUT2D eigenvalue weighted by atomic mass is 16.4. The van der Waals surface area contributed by atoms with Gasteiger partial charge in [0.05, 0.1) is 5.52 Å². The molecular weight excluding hydrogens is 202 g/mol. The van der Waals surface area contributed by atoms with Crippen LogP contribution in [0.5, 0.6) is 0 Å². The molecular formula is C12H13N3O. The van der Waals surface area contributed by atoms with Crippen LogP contribution in [0.25, 0.3) is 10.9 Å². The number of nitrogens with two attached hydrogens (primary N) is 1. The number of fused-ring (bicyclic) bond motifs is 1. The zero-order valence-electron chi connectivity index (χ0n) is 9.01. The number of benzene rings is 1. The van der Waals surface area contributed by atoms with Gasteiger partial charge in [-0.05, 0) is 24.6 Å². The Hall–Kier alpha value is -2.10. The molecule has 0 bridgehead atoms. The Kier molecular flexibility index (Phi) is 2.72. The number of hydrogen-bond acceptors (Lipinski definition) is 3. The molecule has 0 fully saturated rings. The second-order valence-corrected chi connectivity index (χ2v) is 3.71. The fourth-order valence-corrected chi connectivity index (χ4v) is 1.77. The molecule has 1 heterocycles. The Balaban J connectivity index is 2.58. The maximum Gasteiger partial charge on any atom is 0.143 e. The van der Waals surface area contributed by atoms with E-state index >= 15 is 0 Å². The van der Waals surface area contributed by atoms with Gasteiger partial charge in [-0.2, -0.15) is 0 Å². The number of pyridine rings is 1. The van der Waals surface area contributed by atoms with Crippen LogP contribution in [-0.2, 0) is 6.42 Å². The van der Waals surface area contributed by atoms with E-state index in [4.69, 9.17) is 10.9 Å². The largest absolute Gasteiger partial charge is 0.409 e. The Labute approximate surface area is 93.4 Å². The van der Waals surface area contributed by atoms with Crippen LogP contribution >= 0.6 is 0 Å². The van der Waals surface area contributed by atoms with Crippen LogP contribution in [0.3, 0.4) is 0 Å². The van der Waals surface area contributed by atoms with E-state index in [1.807, 2.05) is 37.3 Å². The topological polar surface area (TPSA) is 71.5 Å². The SMILES string of the molecule is Cc1cc(CC(N)=NO)c2ccccc2n1. The Morgan fingerprint density at radius 3 is 2.94 bits per heavy atom. The van der Waals surface area contributed by atoms with Gasteiger partial charge in [-0.3, -0.25) is 4.98 Å². The van der Waals surface area contributed by atoms with Crippen molar-refractivity contribution in [2.45, 2.75) is 13.3 Å². The monoisotopic (exact) mass is 215 g/mol. The van der Waals surface area contributed by atoms with Gasteiger partial charge >= 0.3 is 0 Å². The molecule has 0 aliphatic rings. The fraction of sp³-hybridized carbons (Fsp3) is 0.167. The zero-order chi connectivity index (χ0) is 11.5. The Morgan fingerprint density at radius 1 is 1.44 bits per heavy atom. The smallest absolute Gasteiger partial charge is 0.143 e. The number of nitrogens with zero attached hydrogens (tertiary/aromatic N) is 2. The van der Waals surface area contributed by atoms with Crippen molar-refractivity contribution in [2.24, 2.45) is 10.9 Å². The molecule has 0 saturated carbocycles. The first-order valence-electron chi connectivity index (χ1n) is 5.02. The predicted octanol–water partition coefficient (Wildman–Crippen LogP) is 1.83. The molecule has 2 aromatic rings. The highest BCUT2D eigenvalue weighted by Gasteiger charge is 2.05. The van der Waals surface area contributed by atoms with E-state index in [-0.39, 0.29) is 5.84 Å². The first-order chi connectivity index (χ1) is 7.70. The maximum absolute atomic E-state index is 8.58. The second-order valence-electron chi connectivity index (χ2n) is 3.71. The predicted molar refractivity (Wildman–Crippen MR) is 63.6 cm³/mol. The summed E-state index contributed by atoms with van der Waals surface area (Å²) in [4.78, 5) is 4.43. The number of hydrogen-bond donors (Lipinski definition) is 2. The van der Waals surface area contributed by atoms with E-state index in [2.05, 4.69) is 10.1 Å². The summed E-state index contributed by atoms with van der Waals surface area (Å²) in [6, 6.07) is 9.80. The number of rotatable bonds is 2. The molecule has 0 aliphatic carbocycles. The molecule has 82 valence electrons. The van der Waals surface area contributed by atoms with Crippen molar-refractivity contribution >= 4 is 16.7 Å². The average Bonchev–Trinajstić information content (AvgIpc) is 2.28. The standard InChI is InChI=1S/C12H13N3O/c1-8-6-9(7-12(13)15-16)10-4-2-3-5-11(10)14-8/h2-6,16H,7H2,1H3,(H2,13,15). The van der Waals surface area contributed by atoms with Crippen LogP contribution in [0.15, 0.2) is 35.5 Å². The highest BCUT2D eigenvalue weighted by molar-refractivity contribution is 5.89. The van der Waals surface area contributed by atoms with Gasteiger partial charge in [-0.15, -0.1) is 0 Å². The van der Waals surface area contributed by atoms with Gasteiger partial charge in [0.25, 0.3) is 0 Å². The molecule has 0 spiro atoms. The van der Waals surface area contributed by atoms with E-state index in [1.165, 1.54) is 0 Å². The van der Waals surface area contributed by atoms with E-state index in [9.17, 15) is 0 Å². The van der Waals surface area contributed by atoms with Gasteiger partial charge in [0.15, 0.2) is 0 Å². The molecule has 0 amide bonds. The van der Waals surface area contributed by atoms with Crippen LogP contribution in [0.4, 0.5) is 0 Å². The summed E-state index contributed by atoms with van der Waals surface area (Å²) in [5, 5.41) is 12.6. The molecule has 2 rings (SSSR count). The number of para-hydroxylation sites is 1. The van der Waals surface area contributed by atoms with Crippen molar-refractivity contribution in [3.05, 3.63) is 41.6 Å². The fourth-order valence-electron chi connectivity index (χ4n) is 1.77. The third-order valence-corrected chi connectivity index (χ3v) is 2.43. The minimum atomic E-state index is 0.204. The van der Waals surface area contributed by atoms with Crippen LogP contribution < -0.4 is 5.73 Å². The van der Waals surface area contributed by atoms with Crippen LogP contribution in [0.2, 0.25) is 0 Å². The van der Waals surface area contributed by atoms with Gasteiger partial charge in [-0.1, -0.05) is 23.4 Å². The van der Waals surface area contributed by atoms with Crippen LogP contribution in [-0.4, -0.2) is 16.0 Å². The molecule has 0 atom stereocenters. The van der Waals surface area contributed by atoms with Crippen molar-refractivity contribution in [2.75, 3.05) is 0 Å². The number of oxime groups is 1. The summed E-state index contributed by atoms with van der Waals surface area (Å²) in [5.41, 5.74) is 8.42. The first kappa shape index (κ1) is 10.4. The minimum Gasteiger partial charge on any atom is -0.409 e. The van der Waals surface area contributed by atoms with Gasteiger partial charge in [0.1, 0.15) is 5.84 Å². The van der Waals surface area contributed by atoms with Crippen molar-refractivity contribution in [1.82, 2.24) is 4.98 Å². The van der Waals surface area contributed by atoms with Crippen molar-refractivity contribution in [1.29, 1.82) is 0 Å². The minimum absolute atomic E-state index is 0.204. The molecule has 16 heavy (non-hydrogen) atoms. The first-order valence-corrected chi connectivity index (χ1v) is 5.02. The lowest BCUT2D eigenvalue weighted by molar-refractivity contribution is 0.317. The third kappa shape index (κ3) is 1.95. The van der Waals surface area contributed by atoms with Crippen LogP contribution in [0.1, 0.15) is 11.3 Å². The van der Waals surface area contributed by atoms with Gasteiger partial charge < -0.3 is 10.9 Å². The molecule has 0 aliphatic heterocycles. The van der Waals surface area contributed by atoms with Crippen molar-refractivity contribution in [3.63, 3.8) is 0 Å². The van der Waals surface area contributed by atoms with Gasteiger partial charge in [-0.25, -0.2) is 0 Å². The molecule has 4 nitrogen and oxygen atoms in total. The van der Waals surface area contributed by atoms with Crippen molar-refractivity contribution < 1.29 is 5.21 Å². The molecule has 0 radical (unpaired) electrons. The lowest BCUT2D eigenvalue weighted by Gasteiger charge is -2.06. The van der Waals surface area contributed by atoms with Crippen LogP contribution in [0, 0.1) is 6.92 Å². The van der Waals surface area contributed by atoms with E-state index in [1.54, 1.807) is 0 Å². The second kappa shape index (κ2) is 4.18. The zero-order valence-corrected chi connectivity index (χ0v) is 9.01. The normalized spacial score (nSPS) is 11.9. The molecule has 0 saturated heterocycles. The molecule has 1 aromatic heterocycles. The molecule has 3 N–H and O–H groups in total. The van der Waals surface area contributed by atoms with Crippen molar-refractivity contribution in [3.8, 4) is 0 Å². The lowest BCUT2D eigenvalue weighted by atomic mass is 10.0. The summed E-state index contributed by atoms with van der Waals surface area (Å²) < 4.78 is 0. The quantitative estimate of drug-likeness (QED) is 0.347. The summed E-state index contributed by atoms with van der Waals surface area (Å²) in [6.45, 7) is 1.93. The number of aryl methyl sites for hydroxylation is 1. The molecule has 0 unspecified atom stereocenters. The van der Waals surface area contributed by atoms with E-state index in [0.717, 1.165) is 22.2 Å². The Morgan fingerprint density at radius 2 is 2.19 bits per heavy atom. The molecule has 4 heteroatoms. The average molecular weight is 215 g/mol. The summed E-state index contributed by atoms with van der Waals surface area (Å²) >= 11 is 0. The summed E-state index contributed by atoms with van der Waals surface area (Å²) in [5.74, 6) is 0.204. The molecule has 1 aromatic carbocycles. The van der Waals surface area contributed by atoms with Gasteiger partial charge in [0.2, 0.25) is 0 Å². The summed E-state index contributed by atoms with van der Waals surface area (Å²) in [6.07, 6.45) is 0.431. The number of amidine groups is 1.